The Morgan fingerprint density at radius 2 is 1.94 bits per heavy atom. The van der Waals surface area contributed by atoms with Crippen molar-refractivity contribution in [3.63, 3.8) is 0 Å². The van der Waals surface area contributed by atoms with Crippen molar-refractivity contribution >= 4 is 46.2 Å². The molecule has 5 rings (SSSR count). The van der Waals surface area contributed by atoms with E-state index in [0.29, 0.717) is 45.3 Å². The summed E-state index contributed by atoms with van der Waals surface area (Å²) in [5.74, 6) is 0.200. The molecule has 0 saturated heterocycles. The number of carboxylic acid groups (broad SMARTS) is 1. The summed E-state index contributed by atoms with van der Waals surface area (Å²) in [6, 6.07) is 13.6. The number of aryl methyl sites for hydroxylation is 1. The molecule has 1 fully saturated rings. The molecule has 2 aromatic carbocycles. The number of nitrogens with zero attached hydrogens (tertiary/aromatic N) is 4. The minimum atomic E-state index is -1.19. The van der Waals surface area contributed by atoms with Gasteiger partial charge in [0, 0.05) is 18.2 Å². The van der Waals surface area contributed by atoms with Gasteiger partial charge >= 0.3 is 5.97 Å². The molecule has 1 aliphatic carbocycles. The van der Waals surface area contributed by atoms with Crippen molar-refractivity contribution in [2.75, 3.05) is 5.32 Å². The summed E-state index contributed by atoms with van der Waals surface area (Å²) in [7, 11) is 0. The predicted molar refractivity (Wildman–Crippen MR) is 134 cm³/mol. The first-order valence-electron chi connectivity index (χ1n) is 11.1. The smallest absolute Gasteiger partial charge is 0.374 e. The summed E-state index contributed by atoms with van der Waals surface area (Å²) in [4.78, 5) is 25.2. The molecule has 7 nitrogen and oxygen atoms in total. The summed E-state index contributed by atoms with van der Waals surface area (Å²) in [6.45, 7) is 4.54. The lowest BCUT2D eigenvalue weighted by atomic mass is 10.1. The summed E-state index contributed by atoms with van der Waals surface area (Å²) in [5.41, 5.74) is 3.89. The monoisotopic (exact) mass is 495 g/mol. The van der Waals surface area contributed by atoms with Gasteiger partial charge in [-0.25, -0.2) is 19.7 Å². The van der Waals surface area contributed by atoms with Gasteiger partial charge < -0.3 is 15.0 Å². The number of hydrogen-bond donors (Lipinski definition) is 2. The number of aromatic carboxylic acids is 1. The molecule has 0 bridgehead atoms. The average molecular weight is 496 g/mol. The van der Waals surface area contributed by atoms with Crippen LogP contribution in [0.15, 0.2) is 42.5 Å². The Kier molecular flexibility index (Phi) is 5.91. The number of rotatable bonds is 7. The minimum Gasteiger partial charge on any atom is -0.475 e. The van der Waals surface area contributed by atoms with Crippen molar-refractivity contribution < 1.29 is 9.90 Å². The van der Waals surface area contributed by atoms with Gasteiger partial charge in [-0.2, -0.15) is 0 Å². The number of nitrogens with one attached hydrogen (secondary N) is 1. The quantitative estimate of drug-likeness (QED) is 0.323. The molecule has 0 amide bonds. The van der Waals surface area contributed by atoms with E-state index in [-0.39, 0.29) is 11.9 Å². The molecule has 2 heterocycles. The maximum absolute atomic E-state index is 11.8. The number of carbonyl (C=O) groups is 1. The minimum absolute atomic E-state index is 0.149. The molecule has 0 spiro atoms. The molecule has 1 atom stereocenters. The van der Waals surface area contributed by atoms with Crippen molar-refractivity contribution in [3.8, 4) is 11.4 Å². The lowest BCUT2D eigenvalue weighted by Gasteiger charge is -2.17. The standard InChI is InChI=1S/C25H23Cl2N5O2/c1-13-4-3-5-17(10-13)24-31-22-20(32(24)12-15-6-9-18(26)19(27)11-15)21(28-14(2)16-7-8-16)29-23(30-22)25(33)34/h3-6,9-11,14,16H,7-8,12H2,1-2H3,(H,33,34)(H,28,29,30)/t14-/m1/s1. The zero-order valence-electron chi connectivity index (χ0n) is 18.7. The number of imidazole rings is 1. The third-order valence-electron chi connectivity index (χ3n) is 6.09. The SMILES string of the molecule is Cc1cccc(-c2nc3nc(C(=O)O)nc(N[C@H](C)C4CC4)c3n2Cc2ccc(Cl)c(Cl)c2)c1. The Labute approximate surface area is 206 Å². The summed E-state index contributed by atoms with van der Waals surface area (Å²) in [6.07, 6.45) is 2.29. The third kappa shape index (κ3) is 4.45. The van der Waals surface area contributed by atoms with Crippen LogP contribution in [0.4, 0.5) is 5.82 Å². The molecule has 34 heavy (non-hydrogen) atoms. The van der Waals surface area contributed by atoms with Gasteiger partial charge in [0.1, 0.15) is 11.3 Å². The number of halogens is 2. The maximum Gasteiger partial charge on any atom is 0.374 e. The van der Waals surface area contributed by atoms with E-state index in [1.54, 1.807) is 6.07 Å². The van der Waals surface area contributed by atoms with Crippen LogP contribution < -0.4 is 5.32 Å². The Bertz CT molecular complexity index is 1410. The average Bonchev–Trinajstić information content (AvgIpc) is 3.58. The van der Waals surface area contributed by atoms with Gasteiger partial charge in [-0.3, -0.25) is 0 Å². The molecule has 174 valence electrons. The maximum atomic E-state index is 11.8. The summed E-state index contributed by atoms with van der Waals surface area (Å²) < 4.78 is 2.01. The number of carboxylic acids is 1. The van der Waals surface area contributed by atoms with Crippen molar-refractivity contribution in [2.45, 2.75) is 39.3 Å². The van der Waals surface area contributed by atoms with E-state index in [1.165, 1.54) is 0 Å². The van der Waals surface area contributed by atoms with Crippen LogP contribution >= 0.6 is 23.2 Å². The Hall–Kier alpha value is -3.16. The van der Waals surface area contributed by atoms with Gasteiger partial charge in [0.2, 0.25) is 5.82 Å². The fraction of sp³-hybridized carbons (Fsp3) is 0.280. The molecule has 2 aromatic heterocycles. The highest BCUT2D eigenvalue weighted by Gasteiger charge is 2.30. The van der Waals surface area contributed by atoms with Gasteiger partial charge in [0.15, 0.2) is 11.5 Å². The summed E-state index contributed by atoms with van der Waals surface area (Å²) >= 11 is 12.4. The van der Waals surface area contributed by atoms with Crippen LogP contribution in [0.3, 0.4) is 0 Å². The van der Waals surface area contributed by atoms with Crippen LogP contribution in [0.2, 0.25) is 10.0 Å². The zero-order chi connectivity index (χ0) is 24.0. The predicted octanol–water partition coefficient (Wildman–Crippen LogP) is 6.07. The van der Waals surface area contributed by atoms with Gasteiger partial charge in [0.05, 0.1) is 10.0 Å². The lowest BCUT2D eigenvalue weighted by Crippen LogP contribution is -2.20. The van der Waals surface area contributed by atoms with Crippen LogP contribution in [0, 0.1) is 12.8 Å². The van der Waals surface area contributed by atoms with Crippen molar-refractivity contribution in [1.29, 1.82) is 0 Å². The first-order chi connectivity index (χ1) is 16.3. The van der Waals surface area contributed by atoms with E-state index in [4.69, 9.17) is 28.2 Å². The Balaban J connectivity index is 1.74. The molecular weight excluding hydrogens is 473 g/mol. The molecular formula is C25H23Cl2N5O2. The molecule has 2 N–H and O–H groups in total. The van der Waals surface area contributed by atoms with Gasteiger partial charge in [-0.1, -0.05) is 53.0 Å². The molecule has 9 heteroatoms. The van der Waals surface area contributed by atoms with Crippen LogP contribution in [-0.4, -0.2) is 36.6 Å². The van der Waals surface area contributed by atoms with E-state index in [2.05, 4.69) is 22.2 Å². The number of fused-ring (bicyclic) bond motifs is 1. The fourth-order valence-corrected chi connectivity index (χ4v) is 4.46. The fourth-order valence-electron chi connectivity index (χ4n) is 4.14. The first-order valence-corrected chi connectivity index (χ1v) is 11.8. The topological polar surface area (TPSA) is 92.9 Å². The first kappa shape index (κ1) is 22.6. The molecule has 1 saturated carbocycles. The Morgan fingerprint density at radius 1 is 1.15 bits per heavy atom. The van der Waals surface area contributed by atoms with Crippen molar-refractivity contribution in [1.82, 2.24) is 19.5 Å². The zero-order valence-corrected chi connectivity index (χ0v) is 20.2. The third-order valence-corrected chi connectivity index (χ3v) is 6.83. The molecule has 0 unspecified atom stereocenters. The second kappa shape index (κ2) is 8.89. The highest BCUT2D eigenvalue weighted by atomic mass is 35.5. The molecule has 4 aromatic rings. The normalized spacial score (nSPS) is 14.4. The van der Waals surface area contributed by atoms with Crippen molar-refractivity contribution in [3.05, 3.63) is 69.5 Å². The molecule has 1 aliphatic rings. The van der Waals surface area contributed by atoms with E-state index in [1.807, 2.05) is 47.9 Å². The Morgan fingerprint density at radius 3 is 2.62 bits per heavy atom. The van der Waals surface area contributed by atoms with E-state index in [9.17, 15) is 9.90 Å². The van der Waals surface area contributed by atoms with Crippen LogP contribution in [0.5, 0.6) is 0 Å². The van der Waals surface area contributed by atoms with Gasteiger partial charge in [0.25, 0.3) is 0 Å². The van der Waals surface area contributed by atoms with Crippen LogP contribution in [-0.2, 0) is 6.54 Å². The largest absolute Gasteiger partial charge is 0.475 e. The van der Waals surface area contributed by atoms with Gasteiger partial charge in [-0.05, 0) is 56.4 Å². The number of anilines is 1. The van der Waals surface area contributed by atoms with E-state index >= 15 is 0 Å². The lowest BCUT2D eigenvalue weighted by molar-refractivity contribution is 0.0684. The van der Waals surface area contributed by atoms with Crippen molar-refractivity contribution in [2.24, 2.45) is 5.92 Å². The molecule has 0 aliphatic heterocycles. The summed E-state index contributed by atoms with van der Waals surface area (Å²) in [5, 5.41) is 14.0. The highest BCUT2D eigenvalue weighted by Crippen LogP contribution is 2.36. The number of benzene rings is 2. The van der Waals surface area contributed by atoms with E-state index < -0.39 is 5.97 Å². The highest BCUT2D eigenvalue weighted by molar-refractivity contribution is 6.42. The second-order valence-electron chi connectivity index (χ2n) is 8.78. The number of aromatic nitrogens is 4. The second-order valence-corrected chi connectivity index (χ2v) is 9.60. The van der Waals surface area contributed by atoms with Gasteiger partial charge in [-0.15, -0.1) is 0 Å². The van der Waals surface area contributed by atoms with Crippen LogP contribution in [0.1, 0.15) is 41.5 Å². The van der Waals surface area contributed by atoms with E-state index in [0.717, 1.165) is 29.5 Å². The number of hydrogen-bond acceptors (Lipinski definition) is 5. The van der Waals surface area contributed by atoms with Crippen LogP contribution in [0.25, 0.3) is 22.6 Å². The molecule has 0 radical (unpaired) electrons.